The molecule has 2 aromatic rings. The lowest BCUT2D eigenvalue weighted by Crippen LogP contribution is -2.17. The van der Waals surface area contributed by atoms with Gasteiger partial charge >= 0.3 is 0 Å². The van der Waals surface area contributed by atoms with E-state index in [-0.39, 0.29) is 11.6 Å². The van der Waals surface area contributed by atoms with Gasteiger partial charge in [-0.05, 0) is 30.7 Å². The first-order valence-corrected chi connectivity index (χ1v) is 8.91. The summed E-state index contributed by atoms with van der Waals surface area (Å²) in [5.74, 6) is 0.356. The third-order valence-electron chi connectivity index (χ3n) is 3.84. The van der Waals surface area contributed by atoms with Gasteiger partial charge in [0.25, 0.3) is 11.6 Å². The molecular formula is C20H23N3O4. The minimum atomic E-state index is -0.483. The van der Waals surface area contributed by atoms with Crippen LogP contribution < -0.4 is 10.2 Å². The molecule has 2 rings (SSSR count). The number of ether oxygens (including phenoxy) is 1. The average molecular weight is 369 g/mol. The van der Waals surface area contributed by atoms with Crippen molar-refractivity contribution in [3.8, 4) is 5.75 Å². The summed E-state index contributed by atoms with van der Waals surface area (Å²) in [5.41, 5.74) is 3.34. The Bertz CT molecular complexity index is 788. The highest BCUT2D eigenvalue weighted by atomic mass is 16.6. The molecule has 0 aliphatic heterocycles. The lowest BCUT2D eigenvalue weighted by molar-refractivity contribution is -0.384. The molecule has 0 saturated carbocycles. The standard InChI is InChI=1S/C20H23N3O4/c1-2-3-4-5-13-27-19-11-9-17(10-12-19)20(24)22-21-15-16-7-6-8-18(14-16)23(25)26/h6-12,14-15H,2-5,13H2,1H3,(H,22,24). The molecule has 27 heavy (non-hydrogen) atoms. The zero-order chi connectivity index (χ0) is 19.5. The molecule has 0 bridgehead atoms. The predicted octanol–water partition coefficient (Wildman–Crippen LogP) is 4.32. The molecule has 0 heterocycles. The first-order valence-electron chi connectivity index (χ1n) is 8.91. The highest BCUT2D eigenvalue weighted by molar-refractivity contribution is 5.95. The summed E-state index contributed by atoms with van der Waals surface area (Å²) in [6, 6.07) is 12.8. The number of nitro groups is 1. The second kappa shape index (κ2) is 10.7. The van der Waals surface area contributed by atoms with Crippen molar-refractivity contribution in [1.29, 1.82) is 0 Å². The summed E-state index contributed by atoms with van der Waals surface area (Å²) in [4.78, 5) is 22.3. The van der Waals surface area contributed by atoms with Crippen LogP contribution in [-0.2, 0) is 0 Å². The summed E-state index contributed by atoms with van der Waals surface area (Å²) in [7, 11) is 0. The number of carbonyl (C=O) groups excluding carboxylic acids is 1. The van der Waals surface area contributed by atoms with E-state index >= 15 is 0 Å². The molecule has 7 heteroatoms. The van der Waals surface area contributed by atoms with E-state index in [2.05, 4.69) is 17.5 Å². The van der Waals surface area contributed by atoms with E-state index in [9.17, 15) is 14.9 Å². The van der Waals surface area contributed by atoms with Crippen LogP contribution in [0.15, 0.2) is 53.6 Å². The number of unbranched alkanes of at least 4 members (excludes halogenated alkanes) is 3. The van der Waals surface area contributed by atoms with Crippen LogP contribution in [0.1, 0.15) is 48.5 Å². The van der Waals surface area contributed by atoms with Crippen molar-refractivity contribution in [2.24, 2.45) is 5.10 Å². The largest absolute Gasteiger partial charge is 0.494 e. The molecule has 0 unspecified atom stereocenters. The summed E-state index contributed by atoms with van der Waals surface area (Å²) in [6.07, 6.45) is 5.92. The van der Waals surface area contributed by atoms with E-state index in [1.165, 1.54) is 31.2 Å². The number of nitrogens with zero attached hydrogens (tertiary/aromatic N) is 2. The molecule has 0 atom stereocenters. The molecule has 2 aromatic carbocycles. The van der Waals surface area contributed by atoms with E-state index in [1.807, 2.05) is 0 Å². The van der Waals surface area contributed by atoms with Crippen molar-refractivity contribution in [1.82, 2.24) is 5.43 Å². The van der Waals surface area contributed by atoms with Crippen LogP contribution in [0.5, 0.6) is 5.75 Å². The summed E-state index contributed by atoms with van der Waals surface area (Å²) in [6.45, 7) is 2.83. The van der Waals surface area contributed by atoms with Crippen LogP contribution in [0.25, 0.3) is 0 Å². The molecule has 7 nitrogen and oxygen atoms in total. The highest BCUT2D eigenvalue weighted by Gasteiger charge is 2.06. The molecule has 0 saturated heterocycles. The first-order chi connectivity index (χ1) is 13.1. The zero-order valence-corrected chi connectivity index (χ0v) is 15.3. The fourth-order valence-corrected chi connectivity index (χ4v) is 2.37. The Balaban J connectivity index is 1.83. The van der Waals surface area contributed by atoms with Crippen LogP contribution in [0.2, 0.25) is 0 Å². The molecule has 1 amide bonds. The number of hydrogen-bond acceptors (Lipinski definition) is 5. The van der Waals surface area contributed by atoms with E-state index < -0.39 is 4.92 Å². The Morgan fingerprint density at radius 2 is 1.96 bits per heavy atom. The molecule has 0 spiro atoms. The monoisotopic (exact) mass is 369 g/mol. The number of rotatable bonds is 10. The van der Waals surface area contributed by atoms with Gasteiger partial charge in [-0.15, -0.1) is 0 Å². The number of hydrogen-bond donors (Lipinski definition) is 1. The minimum Gasteiger partial charge on any atom is -0.494 e. The Labute approximate surface area is 158 Å². The van der Waals surface area contributed by atoms with Gasteiger partial charge in [-0.2, -0.15) is 5.10 Å². The van der Waals surface area contributed by atoms with E-state index in [4.69, 9.17) is 4.74 Å². The molecule has 142 valence electrons. The average Bonchev–Trinajstić information content (AvgIpc) is 2.68. The van der Waals surface area contributed by atoms with Gasteiger partial charge in [0.2, 0.25) is 0 Å². The summed E-state index contributed by atoms with van der Waals surface area (Å²) < 4.78 is 5.64. The van der Waals surface area contributed by atoms with Crippen LogP contribution in [0.4, 0.5) is 5.69 Å². The molecule has 0 fully saturated rings. The van der Waals surface area contributed by atoms with Crippen molar-refractivity contribution in [3.05, 3.63) is 69.8 Å². The second-order valence-electron chi connectivity index (χ2n) is 5.98. The SMILES string of the molecule is CCCCCCOc1ccc(C(=O)NN=Cc2cccc([N+](=O)[O-])c2)cc1. The lowest BCUT2D eigenvalue weighted by atomic mass is 10.2. The van der Waals surface area contributed by atoms with E-state index in [0.717, 1.165) is 18.6 Å². The van der Waals surface area contributed by atoms with Crippen LogP contribution in [-0.4, -0.2) is 23.7 Å². The Hall–Kier alpha value is -3.22. The lowest BCUT2D eigenvalue weighted by Gasteiger charge is -2.06. The molecule has 0 aliphatic carbocycles. The Kier molecular flexibility index (Phi) is 7.96. The van der Waals surface area contributed by atoms with E-state index in [0.29, 0.717) is 17.7 Å². The number of non-ortho nitro benzene ring substituents is 1. The minimum absolute atomic E-state index is 0.0319. The summed E-state index contributed by atoms with van der Waals surface area (Å²) >= 11 is 0. The van der Waals surface area contributed by atoms with Crippen LogP contribution >= 0.6 is 0 Å². The molecule has 0 aliphatic rings. The third-order valence-corrected chi connectivity index (χ3v) is 3.84. The molecule has 0 radical (unpaired) electrons. The maximum absolute atomic E-state index is 12.1. The van der Waals surface area contributed by atoms with Crippen molar-refractivity contribution >= 4 is 17.8 Å². The van der Waals surface area contributed by atoms with Gasteiger partial charge in [0.05, 0.1) is 17.7 Å². The Morgan fingerprint density at radius 1 is 1.19 bits per heavy atom. The maximum Gasteiger partial charge on any atom is 0.271 e. The number of hydrazone groups is 1. The fourth-order valence-electron chi connectivity index (χ4n) is 2.37. The number of nitrogens with one attached hydrogen (secondary N) is 1. The Morgan fingerprint density at radius 3 is 2.67 bits per heavy atom. The molecular weight excluding hydrogens is 346 g/mol. The van der Waals surface area contributed by atoms with Gasteiger partial charge in [0.1, 0.15) is 5.75 Å². The van der Waals surface area contributed by atoms with Gasteiger partial charge in [-0.1, -0.05) is 38.3 Å². The molecule has 0 aromatic heterocycles. The predicted molar refractivity (Wildman–Crippen MR) is 104 cm³/mol. The number of carbonyl (C=O) groups is 1. The highest BCUT2D eigenvalue weighted by Crippen LogP contribution is 2.13. The maximum atomic E-state index is 12.1. The second-order valence-corrected chi connectivity index (χ2v) is 5.98. The van der Waals surface area contributed by atoms with Crippen molar-refractivity contribution < 1.29 is 14.5 Å². The summed E-state index contributed by atoms with van der Waals surface area (Å²) in [5, 5.41) is 14.6. The normalized spacial score (nSPS) is 10.7. The smallest absolute Gasteiger partial charge is 0.271 e. The van der Waals surface area contributed by atoms with Crippen molar-refractivity contribution in [2.45, 2.75) is 32.6 Å². The van der Waals surface area contributed by atoms with E-state index in [1.54, 1.807) is 36.4 Å². The first kappa shape index (κ1) is 20.1. The van der Waals surface area contributed by atoms with Gasteiger partial charge in [0, 0.05) is 23.3 Å². The zero-order valence-electron chi connectivity index (χ0n) is 15.3. The number of benzene rings is 2. The topological polar surface area (TPSA) is 93.8 Å². The van der Waals surface area contributed by atoms with Crippen molar-refractivity contribution in [3.63, 3.8) is 0 Å². The van der Waals surface area contributed by atoms with Gasteiger partial charge in [0.15, 0.2) is 0 Å². The van der Waals surface area contributed by atoms with Crippen molar-refractivity contribution in [2.75, 3.05) is 6.61 Å². The number of nitro benzene ring substituents is 1. The van der Waals surface area contributed by atoms with Crippen LogP contribution in [0.3, 0.4) is 0 Å². The van der Waals surface area contributed by atoms with Gasteiger partial charge in [-0.25, -0.2) is 5.43 Å². The third kappa shape index (κ3) is 6.89. The number of amides is 1. The van der Waals surface area contributed by atoms with Crippen LogP contribution in [0, 0.1) is 10.1 Å². The van der Waals surface area contributed by atoms with Gasteiger partial charge < -0.3 is 4.74 Å². The fraction of sp³-hybridized carbons (Fsp3) is 0.300. The quantitative estimate of drug-likeness (QED) is 0.292. The molecule has 1 N–H and O–H groups in total. The van der Waals surface area contributed by atoms with Gasteiger partial charge in [-0.3, -0.25) is 14.9 Å².